The molecule has 2 aromatic carbocycles. The van der Waals surface area contributed by atoms with Crippen LogP contribution in [0.25, 0.3) is 6.08 Å². The molecule has 0 spiro atoms. The zero-order valence-electron chi connectivity index (χ0n) is 18.5. The van der Waals surface area contributed by atoms with Gasteiger partial charge in [-0.05, 0) is 35.8 Å². The fourth-order valence-electron chi connectivity index (χ4n) is 3.15. The van der Waals surface area contributed by atoms with Crippen molar-refractivity contribution in [3.8, 4) is 17.6 Å². The number of hydrogen-bond acceptors (Lipinski definition) is 4. The molecule has 0 heterocycles. The molecule has 31 heavy (non-hydrogen) atoms. The van der Waals surface area contributed by atoms with E-state index in [1.165, 1.54) is 25.7 Å². The summed E-state index contributed by atoms with van der Waals surface area (Å²) >= 11 is 0. The van der Waals surface area contributed by atoms with Crippen molar-refractivity contribution in [1.82, 2.24) is 5.32 Å². The maximum atomic E-state index is 12.4. The van der Waals surface area contributed by atoms with Crippen LogP contribution in [0.2, 0.25) is 0 Å². The average Bonchev–Trinajstić information content (AvgIpc) is 2.81. The SMILES string of the molecule is CCCCCCCCNC(=O)/C(C#N)=C/c1ccc(OC)c(OCc2ccccc2)c1. The third-order valence-corrected chi connectivity index (χ3v) is 4.92. The van der Waals surface area contributed by atoms with Gasteiger partial charge in [0.2, 0.25) is 0 Å². The summed E-state index contributed by atoms with van der Waals surface area (Å²) in [6.07, 6.45) is 8.48. The number of benzene rings is 2. The van der Waals surface area contributed by atoms with Gasteiger partial charge in [0.05, 0.1) is 7.11 Å². The summed E-state index contributed by atoms with van der Waals surface area (Å²) in [7, 11) is 1.58. The molecule has 0 aromatic heterocycles. The van der Waals surface area contributed by atoms with Crippen LogP contribution in [0.15, 0.2) is 54.1 Å². The van der Waals surface area contributed by atoms with Crippen LogP contribution in [-0.4, -0.2) is 19.6 Å². The van der Waals surface area contributed by atoms with E-state index >= 15 is 0 Å². The van der Waals surface area contributed by atoms with Crippen molar-refractivity contribution in [3.63, 3.8) is 0 Å². The van der Waals surface area contributed by atoms with E-state index < -0.39 is 0 Å². The molecule has 5 heteroatoms. The fourth-order valence-corrected chi connectivity index (χ4v) is 3.15. The summed E-state index contributed by atoms with van der Waals surface area (Å²) in [5.41, 5.74) is 1.82. The van der Waals surface area contributed by atoms with Gasteiger partial charge in [-0.2, -0.15) is 5.26 Å². The summed E-state index contributed by atoms with van der Waals surface area (Å²) in [6, 6.07) is 17.2. The van der Waals surface area contributed by atoms with Crippen molar-refractivity contribution in [3.05, 3.63) is 65.2 Å². The monoisotopic (exact) mass is 420 g/mol. The van der Waals surface area contributed by atoms with Crippen LogP contribution in [-0.2, 0) is 11.4 Å². The fraction of sp³-hybridized carbons (Fsp3) is 0.385. The number of rotatable bonds is 13. The zero-order valence-corrected chi connectivity index (χ0v) is 18.5. The van der Waals surface area contributed by atoms with Gasteiger partial charge in [0.1, 0.15) is 18.2 Å². The van der Waals surface area contributed by atoms with Gasteiger partial charge in [0, 0.05) is 6.54 Å². The topological polar surface area (TPSA) is 71.4 Å². The zero-order chi connectivity index (χ0) is 22.3. The normalized spacial score (nSPS) is 10.9. The van der Waals surface area contributed by atoms with Gasteiger partial charge in [-0.15, -0.1) is 0 Å². The van der Waals surface area contributed by atoms with E-state index in [1.807, 2.05) is 36.4 Å². The molecule has 0 aliphatic carbocycles. The Labute approximate surface area is 185 Å². The van der Waals surface area contributed by atoms with E-state index in [-0.39, 0.29) is 11.5 Å². The van der Waals surface area contributed by atoms with Crippen molar-refractivity contribution in [1.29, 1.82) is 5.26 Å². The highest BCUT2D eigenvalue weighted by molar-refractivity contribution is 6.01. The van der Waals surface area contributed by atoms with Crippen LogP contribution in [0, 0.1) is 11.3 Å². The predicted molar refractivity (Wildman–Crippen MR) is 124 cm³/mol. The largest absolute Gasteiger partial charge is 0.493 e. The Balaban J connectivity index is 1.97. The number of nitrogens with zero attached hydrogens (tertiary/aromatic N) is 1. The Morgan fingerprint density at radius 1 is 1.03 bits per heavy atom. The first-order valence-corrected chi connectivity index (χ1v) is 10.9. The summed E-state index contributed by atoms with van der Waals surface area (Å²) in [4.78, 5) is 12.4. The number of nitrogens with one attached hydrogen (secondary N) is 1. The summed E-state index contributed by atoms with van der Waals surface area (Å²) in [6.45, 7) is 3.17. The number of unbranched alkanes of at least 4 members (excludes halogenated alkanes) is 5. The van der Waals surface area contributed by atoms with Crippen LogP contribution in [0.5, 0.6) is 11.5 Å². The van der Waals surface area contributed by atoms with Gasteiger partial charge in [0.15, 0.2) is 11.5 Å². The first kappa shape index (κ1) is 24.0. The maximum absolute atomic E-state index is 12.4. The molecule has 0 atom stereocenters. The van der Waals surface area contributed by atoms with E-state index in [4.69, 9.17) is 9.47 Å². The second kappa shape index (κ2) is 13.9. The van der Waals surface area contributed by atoms with E-state index in [2.05, 4.69) is 12.2 Å². The lowest BCUT2D eigenvalue weighted by molar-refractivity contribution is -0.117. The molecule has 0 unspecified atom stereocenters. The Bertz CT molecular complexity index is 885. The van der Waals surface area contributed by atoms with Crippen molar-refractivity contribution in [2.75, 3.05) is 13.7 Å². The Morgan fingerprint density at radius 2 is 1.77 bits per heavy atom. The smallest absolute Gasteiger partial charge is 0.261 e. The minimum Gasteiger partial charge on any atom is -0.493 e. The van der Waals surface area contributed by atoms with Crippen molar-refractivity contribution in [2.24, 2.45) is 0 Å². The third-order valence-electron chi connectivity index (χ3n) is 4.92. The highest BCUT2D eigenvalue weighted by atomic mass is 16.5. The van der Waals surface area contributed by atoms with Gasteiger partial charge in [-0.1, -0.05) is 75.4 Å². The number of methoxy groups -OCH3 is 1. The van der Waals surface area contributed by atoms with Gasteiger partial charge in [-0.25, -0.2) is 0 Å². The molecule has 2 aromatic rings. The number of nitriles is 1. The number of carbonyl (C=O) groups is 1. The minimum atomic E-state index is -0.348. The molecule has 0 fully saturated rings. The van der Waals surface area contributed by atoms with Gasteiger partial charge in [-0.3, -0.25) is 4.79 Å². The van der Waals surface area contributed by atoms with E-state index in [0.29, 0.717) is 30.2 Å². The molecule has 0 aliphatic rings. The van der Waals surface area contributed by atoms with Crippen LogP contribution < -0.4 is 14.8 Å². The molecule has 1 N–H and O–H groups in total. The molecule has 164 valence electrons. The standard InChI is InChI=1S/C26H32N2O3/c1-3-4-5-6-7-11-16-28-26(29)23(19-27)17-22-14-15-24(30-2)25(18-22)31-20-21-12-9-8-10-13-21/h8-10,12-15,17-18H,3-7,11,16,20H2,1-2H3,(H,28,29)/b23-17+. The van der Waals surface area contributed by atoms with Crippen LogP contribution in [0.3, 0.4) is 0 Å². The lowest BCUT2D eigenvalue weighted by atomic mass is 10.1. The molecular formula is C26H32N2O3. The van der Waals surface area contributed by atoms with Crippen molar-refractivity contribution >= 4 is 12.0 Å². The average molecular weight is 421 g/mol. The Hall–Kier alpha value is -3.26. The maximum Gasteiger partial charge on any atom is 0.261 e. The Kier molecular flexibility index (Phi) is 10.7. The number of hydrogen-bond donors (Lipinski definition) is 1. The predicted octanol–water partition coefficient (Wildman–Crippen LogP) is 5.66. The molecule has 0 saturated carbocycles. The quantitative estimate of drug-likeness (QED) is 0.258. The summed E-state index contributed by atoms with van der Waals surface area (Å²) in [5.74, 6) is 0.808. The third kappa shape index (κ3) is 8.55. The highest BCUT2D eigenvalue weighted by Gasteiger charge is 2.10. The van der Waals surface area contributed by atoms with Crippen molar-refractivity contribution < 1.29 is 14.3 Å². The first-order chi connectivity index (χ1) is 15.2. The Morgan fingerprint density at radius 3 is 2.48 bits per heavy atom. The molecule has 0 saturated heterocycles. The molecule has 2 rings (SSSR count). The minimum absolute atomic E-state index is 0.0742. The van der Waals surface area contributed by atoms with E-state index in [9.17, 15) is 10.1 Å². The highest BCUT2D eigenvalue weighted by Crippen LogP contribution is 2.29. The number of ether oxygens (including phenoxy) is 2. The van der Waals surface area contributed by atoms with Gasteiger partial charge < -0.3 is 14.8 Å². The van der Waals surface area contributed by atoms with Gasteiger partial charge in [0.25, 0.3) is 5.91 Å². The van der Waals surface area contributed by atoms with E-state index in [1.54, 1.807) is 31.4 Å². The van der Waals surface area contributed by atoms with Crippen LogP contribution in [0.1, 0.15) is 56.6 Å². The molecule has 0 bridgehead atoms. The lowest BCUT2D eigenvalue weighted by Crippen LogP contribution is -2.25. The first-order valence-electron chi connectivity index (χ1n) is 10.9. The van der Waals surface area contributed by atoms with Crippen molar-refractivity contribution in [2.45, 2.75) is 52.1 Å². The number of carbonyl (C=O) groups excluding carboxylic acids is 1. The molecule has 5 nitrogen and oxygen atoms in total. The molecule has 0 aliphatic heterocycles. The van der Waals surface area contributed by atoms with Crippen LogP contribution >= 0.6 is 0 Å². The second-order valence-electron chi connectivity index (χ2n) is 7.38. The van der Waals surface area contributed by atoms with E-state index in [0.717, 1.165) is 18.4 Å². The second-order valence-corrected chi connectivity index (χ2v) is 7.38. The molecular weight excluding hydrogens is 388 g/mol. The van der Waals surface area contributed by atoms with Crippen LogP contribution in [0.4, 0.5) is 0 Å². The summed E-state index contributed by atoms with van der Waals surface area (Å²) in [5, 5.41) is 12.3. The van der Waals surface area contributed by atoms with Gasteiger partial charge >= 0.3 is 0 Å². The lowest BCUT2D eigenvalue weighted by Gasteiger charge is -2.12. The molecule has 1 amide bonds. The molecule has 0 radical (unpaired) electrons. The number of amides is 1. The summed E-state index contributed by atoms with van der Waals surface area (Å²) < 4.78 is 11.3.